The van der Waals surface area contributed by atoms with Crippen LogP contribution in [-0.4, -0.2) is 130 Å². The van der Waals surface area contributed by atoms with Gasteiger partial charge in [-0.1, -0.05) is 61.5 Å². The Morgan fingerprint density at radius 1 is 0.937 bits per heavy atom. The molecule has 6 aliphatic rings. The Labute approximate surface area is 376 Å². The second kappa shape index (κ2) is 18.8. The first-order chi connectivity index (χ1) is 29.5. The third kappa shape index (κ3) is 9.28. The third-order valence-electron chi connectivity index (χ3n) is 17.0. The van der Waals surface area contributed by atoms with Gasteiger partial charge in [-0.05, 0) is 116 Å². The zero-order valence-electron chi connectivity index (χ0n) is 40.4. The van der Waals surface area contributed by atoms with Crippen molar-refractivity contribution in [3.63, 3.8) is 0 Å². The molecular weight excluding hydrogens is 809 g/mol. The Morgan fingerprint density at radius 2 is 1.63 bits per heavy atom. The minimum atomic E-state index is -1.37. The van der Waals surface area contributed by atoms with Gasteiger partial charge in [0.1, 0.15) is 11.8 Å². The molecule has 14 nitrogen and oxygen atoms in total. The Hall–Kier alpha value is -2.17. The Kier molecular flexibility index (Phi) is 15.0. The molecule has 1 saturated carbocycles. The van der Waals surface area contributed by atoms with E-state index in [0.29, 0.717) is 70.6 Å². The van der Waals surface area contributed by atoms with Crippen LogP contribution in [-0.2, 0) is 38.0 Å². The summed E-state index contributed by atoms with van der Waals surface area (Å²) in [7, 11) is 3.94. The van der Waals surface area contributed by atoms with Crippen LogP contribution in [0.4, 0.5) is 4.79 Å². The van der Waals surface area contributed by atoms with Crippen molar-refractivity contribution in [3.05, 3.63) is 12.2 Å². The lowest BCUT2D eigenvalue weighted by molar-refractivity contribution is -0.398. The first kappa shape index (κ1) is 50.2. The fourth-order valence-corrected chi connectivity index (χ4v) is 12.5. The fraction of sp³-hybridized carbons (Fsp3) is 0.898. The van der Waals surface area contributed by atoms with Crippen molar-refractivity contribution >= 4 is 17.8 Å². The smallest absolute Gasteiger partial charge is 0.407 e. The van der Waals surface area contributed by atoms with Gasteiger partial charge in [0.05, 0.1) is 59.8 Å². The first-order valence-corrected chi connectivity index (χ1v) is 24.4. The van der Waals surface area contributed by atoms with Gasteiger partial charge in [-0.25, -0.2) is 4.79 Å². The van der Waals surface area contributed by atoms with E-state index < -0.39 is 94.1 Å². The van der Waals surface area contributed by atoms with E-state index in [9.17, 15) is 29.7 Å². The van der Waals surface area contributed by atoms with Gasteiger partial charge in [0.2, 0.25) is 0 Å². The van der Waals surface area contributed by atoms with Crippen molar-refractivity contribution in [1.82, 2.24) is 10.2 Å². The number of ketones is 1. The monoisotopic (exact) mass is 891 g/mol. The highest BCUT2D eigenvalue weighted by molar-refractivity contribution is 5.84. The van der Waals surface area contributed by atoms with E-state index in [4.69, 9.17) is 28.4 Å². The second-order valence-corrected chi connectivity index (χ2v) is 21.4. The highest BCUT2D eigenvalue weighted by Gasteiger charge is 2.74. The van der Waals surface area contributed by atoms with Crippen molar-refractivity contribution < 1.29 is 58.1 Å². The molecule has 0 aromatic heterocycles. The quantitative estimate of drug-likeness (QED) is 0.0918. The maximum Gasteiger partial charge on any atom is 0.407 e. The van der Waals surface area contributed by atoms with Crippen LogP contribution in [0.5, 0.6) is 0 Å². The number of alkyl carbamates (subject to hydrolysis) is 1. The molecule has 0 aromatic carbocycles. The minimum Gasteiger partial charge on any atom is -0.481 e. The van der Waals surface area contributed by atoms with Crippen molar-refractivity contribution in [3.8, 4) is 0 Å². The van der Waals surface area contributed by atoms with Crippen molar-refractivity contribution in [2.45, 2.75) is 211 Å². The number of carboxylic acids is 1. The number of aliphatic hydroxyl groups is 2. The molecule has 5 heterocycles. The number of carboxylic acid groups (broad SMARTS) is 1. The first-order valence-electron chi connectivity index (χ1n) is 24.4. The Balaban J connectivity index is 1.23. The predicted octanol–water partition coefficient (Wildman–Crippen LogP) is 7.02. The summed E-state index contributed by atoms with van der Waals surface area (Å²) in [5, 5.41) is 36.4. The van der Waals surface area contributed by atoms with E-state index >= 15 is 0 Å². The number of carbonyl (C=O) groups excluding carboxylic acids is 2. The average Bonchev–Trinajstić information content (AvgIpc) is 3.69. The minimum absolute atomic E-state index is 0.0266. The molecule has 2 unspecified atom stereocenters. The molecule has 18 atom stereocenters. The number of hydrogen-bond acceptors (Lipinski definition) is 12. The molecule has 1 amide bonds. The van der Waals surface area contributed by atoms with Gasteiger partial charge < -0.3 is 54.0 Å². The van der Waals surface area contributed by atoms with Gasteiger partial charge in [0, 0.05) is 36.1 Å². The maximum atomic E-state index is 14.8. The summed E-state index contributed by atoms with van der Waals surface area (Å²) in [6.07, 6.45) is 7.50. The van der Waals surface area contributed by atoms with Crippen LogP contribution in [0.15, 0.2) is 12.2 Å². The number of ether oxygens (including phenoxy) is 6. The van der Waals surface area contributed by atoms with Crippen molar-refractivity contribution in [2.24, 2.45) is 40.9 Å². The van der Waals surface area contributed by atoms with E-state index in [1.165, 1.54) is 0 Å². The Morgan fingerprint density at radius 3 is 2.25 bits per heavy atom. The van der Waals surface area contributed by atoms with Crippen LogP contribution < -0.4 is 5.32 Å². The number of aliphatic hydroxyl groups excluding tert-OH is 1. The van der Waals surface area contributed by atoms with Gasteiger partial charge in [0.25, 0.3) is 0 Å². The van der Waals surface area contributed by atoms with Gasteiger partial charge in [-0.2, -0.15) is 0 Å². The molecule has 0 radical (unpaired) electrons. The molecule has 1 aliphatic carbocycles. The normalized spacial score (nSPS) is 44.4. The number of rotatable bonds is 16. The number of amides is 1. The summed E-state index contributed by atoms with van der Waals surface area (Å²) >= 11 is 0. The zero-order chi connectivity index (χ0) is 46.5. The summed E-state index contributed by atoms with van der Waals surface area (Å²) in [4.78, 5) is 42.4. The molecule has 4 saturated heterocycles. The van der Waals surface area contributed by atoms with E-state index in [1.54, 1.807) is 6.92 Å². The fourth-order valence-electron chi connectivity index (χ4n) is 12.5. The highest BCUT2D eigenvalue weighted by atomic mass is 16.8. The number of hydrogen-bond donors (Lipinski definition) is 4. The molecule has 6 rings (SSSR count). The number of carbonyl (C=O) groups is 3. The zero-order valence-corrected chi connectivity index (χ0v) is 40.4. The molecule has 63 heavy (non-hydrogen) atoms. The summed E-state index contributed by atoms with van der Waals surface area (Å²) in [6.45, 7) is 20.9. The maximum absolute atomic E-state index is 14.8. The third-order valence-corrected chi connectivity index (χ3v) is 17.0. The lowest BCUT2D eigenvalue weighted by atomic mass is 9.72. The average molecular weight is 891 g/mol. The van der Waals surface area contributed by atoms with Gasteiger partial charge in [0.15, 0.2) is 11.6 Å². The van der Waals surface area contributed by atoms with Crippen LogP contribution in [0.3, 0.4) is 0 Å². The number of nitrogens with zero attached hydrogens (tertiary/aromatic N) is 1. The standard InChI is InChI=1S/C49H82N2O12/c1-13-34(42(54)55)36-18-17-30(5)47(60-36)28-44(47,9)41(53)32(7)39(52)35(14-2)40-29(4)27-31(6)48(61-40)22-19-37(50-43(56)58-26-16-25-51(11)12)49(63-48)24-23-45(10,62-49)38-20-21-46(57,15-3)33(8)59-38/h19,22,29-38,40-41,53,57H,13-18,20-21,23-28H2,1-12H3,(H,50,56)(H,54,55)/t29-,30-,31+,32+,33-,34+,35-,36+,37?,38+,40-,41+,44?,45-,46+,47+,48-,49-/m0/s1. The molecule has 5 aliphatic heterocycles. The van der Waals surface area contributed by atoms with Crippen LogP contribution in [0.2, 0.25) is 0 Å². The summed E-state index contributed by atoms with van der Waals surface area (Å²) < 4.78 is 40.4. The lowest BCUT2D eigenvalue weighted by Gasteiger charge is -2.55. The van der Waals surface area contributed by atoms with E-state index in [1.807, 2.05) is 72.7 Å². The number of nitrogens with one attached hydrogen (secondary N) is 1. The van der Waals surface area contributed by atoms with Crippen molar-refractivity contribution in [2.75, 3.05) is 27.2 Å². The van der Waals surface area contributed by atoms with Gasteiger partial charge in [-0.3, -0.25) is 9.59 Å². The number of aliphatic carboxylic acids is 1. The van der Waals surface area contributed by atoms with Crippen LogP contribution in [0.1, 0.15) is 146 Å². The molecule has 0 aromatic rings. The molecule has 14 heteroatoms. The molecular formula is C49H82N2O12. The van der Waals surface area contributed by atoms with Crippen LogP contribution in [0.25, 0.3) is 0 Å². The number of Topliss-reactive ketones (excluding diaryl/α,β-unsaturated/α-hetero) is 1. The molecule has 360 valence electrons. The van der Waals surface area contributed by atoms with E-state index in [2.05, 4.69) is 26.1 Å². The van der Waals surface area contributed by atoms with Crippen LogP contribution >= 0.6 is 0 Å². The SMILES string of the molecule is CC[C@@H](C(=O)[C@@H](C)[C@@H](O)C1(C)C[C@]12O[C@@H]([C@@H](CC)C(=O)O)CC[C@@H]2C)[C@H]1O[C@]2(C=CC(NC(=O)OCCCN(C)C)[C@]3(CC[C@@](C)([C@H]4CC[C@](O)(CC)[C@H](C)O4)O3)O2)[C@H](C)C[C@@H]1C. The summed E-state index contributed by atoms with van der Waals surface area (Å²) in [5.41, 5.74) is -3.15. The summed E-state index contributed by atoms with van der Waals surface area (Å²) in [5.74, 6) is -5.63. The Bertz CT molecular complexity index is 1680. The molecule has 0 bridgehead atoms. The predicted molar refractivity (Wildman–Crippen MR) is 237 cm³/mol. The lowest BCUT2D eigenvalue weighted by Crippen LogP contribution is -2.65. The molecule has 4 N–H and O–H groups in total. The molecule has 5 fully saturated rings. The van der Waals surface area contributed by atoms with Crippen LogP contribution in [0, 0.1) is 40.9 Å². The van der Waals surface area contributed by atoms with E-state index in [0.717, 1.165) is 13.0 Å². The van der Waals surface area contributed by atoms with E-state index in [-0.39, 0.29) is 36.2 Å². The summed E-state index contributed by atoms with van der Waals surface area (Å²) in [6, 6.07) is -0.731. The van der Waals surface area contributed by atoms with Gasteiger partial charge in [-0.15, -0.1) is 0 Å². The van der Waals surface area contributed by atoms with Crippen molar-refractivity contribution in [1.29, 1.82) is 0 Å². The molecule has 3 spiro atoms. The highest BCUT2D eigenvalue weighted by Crippen LogP contribution is 2.68. The topological polar surface area (TPSA) is 183 Å². The second-order valence-electron chi connectivity index (χ2n) is 21.4. The largest absolute Gasteiger partial charge is 0.481 e. The van der Waals surface area contributed by atoms with Gasteiger partial charge >= 0.3 is 12.1 Å².